The van der Waals surface area contributed by atoms with Crippen molar-refractivity contribution in [3.63, 3.8) is 0 Å². The summed E-state index contributed by atoms with van der Waals surface area (Å²) >= 11 is 0. The summed E-state index contributed by atoms with van der Waals surface area (Å²) in [4.78, 5) is 3.65. The van der Waals surface area contributed by atoms with Gasteiger partial charge in [-0.25, -0.2) is 13.4 Å². The summed E-state index contributed by atoms with van der Waals surface area (Å²) in [5.74, 6) is 0.522. The number of sulfonamides is 1. The highest BCUT2D eigenvalue weighted by molar-refractivity contribution is 7.89. The van der Waals surface area contributed by atoms with Gasteiger partial charge < -0.3 is 4.42 Å². The van der Waals surface area contributed by atoms with Crippen LogP contribution in [0.3, 0.4) is 0 Å². The van der Waals surface area contributed by atoms with E-state index in [1.54, 1.807) is 18.2 Å². The van der Waals surface area contributed by atoms with E-state index in [0.29, 0.717) is 5.76 Å². The number of nitrogens with zero attached hydrogens (tertiary/aromatic N) is 3. The normalized spacial score (nSPS) is 11.4. The Kier molecular flexibility index (Phi) is 3.64. The van der Waals surface area contributed by atoms with Crippen LogP contribution in [0.5, 0.6) is 0 Å². The molecule has 0 aliphatic heterocycles. The third kappa shape index (κ3) is 2.65. The second-order valence-electron chi connectivity index (χ2n) is 3.80. The number of rotatable bonds is 4. The molecule has 6 nitrogen and oxygen atoms in total. The Morgan fingerprint density at radius 3 is 2.84 bits per heavy atom. The Hall–Kier alpha value is -2.17. The Balaban J connectivity index is 2.34. The molecule has 0 atom stereocenters. The van der Waals surface area contributed by atoms with E-state index in [1.165, 1.54) is 31.6 Å². The first-order valence-electron chi connectivity index (χ1n) is 5.39. The molecule has 98 valence electrons. The molecular weight excluding hydrogens is 266 g/mol. The standard InChI is InChI=1S/C12H11N3O3S/c1-15(9-10-4-3-7-18-10)19(16,17)12-5-2-6-14-11(12)8-13/h2-7H,9H2,1H3. The number of aromatic nitrogens is 1. The van der Waals surface area contributed by atoms with Crippen molar-refractivity contribution >= 4 is 10.0 Å². The Morgan fingerprint density at radius 2 is 2.21 bits per heavy atom. The summed E-state index contributed by atoms with van der Waals surface area (Å²) in [6.45, 7) is 0.0924. The van der Waals surface area contributed by atoms with Crippen LogP contribution in [0, 0.1) is 11.3 Å². The maximum atomic E-state index is 12.3. The second-order valence-corrected chi connectivity index (χ2v) is 5.82. The lowest BCUT2D eigenvalue weighted by Gasteiger charge is -2.16. The third-order valence-electron chi connectivity index (χ3n) is 2.52. The van der Waals surface area contributed by atoms with Gasteiger partial charge in [-0.1, -0.05) is 0 Å². The lowest BCUT2D eigenvalue weighted by atomic mass is 10.4. The van der Waals surface area contributed by atoms with Crippen LogP contribution in [0.4, 0.5) is 0 Å². The zero-order chi connectivity index (χ0) is 13.9. The molecule has 2 aromatic rings. The molecule has 0 radical (unpaired) electrons. The molecular formula is C12H11N3O3S. The van der Waals surface area contributed by atoms with Crippen LogP contribution in [-0.2, 0) is 16.6 Å². The molecule has 0 spiro atoms. The maximum absolute atomic E-state index is 12.3. The summed E-state index contributed by atoms with van der Waals surface area (Å²) in [5.41, 5.74) is -0.117. The predicted molar refractivity (Wildman–Crippen MR) is 66.3 cm³/mol. The fourth-order valence-corrected chi connectivity index (χ4v) is 2.78. The van der Waals surface area contributed by atoms with E-state index < -0.39 is 10.0 Å². The van der Waals surface area contributed by atoms with Crippen molar-refractivity contribution in [2.45, 2.75) is 11.4 Å². The molecule has 2 rings (SSSR count). The predicted octanol–water partition coefficient (Wildman–Crippen LogP) is 1.37. The van der Waals surface area contributed by atoms with E-state index in [9.17, 15) is 8.42 Å². The molecule has 0 saturated carbocycles. The average Bonchev–Trinajstić information content (AvgIpc) is 2.91. The van der Waals surface area contributed by atoms with Crippen molar-refractivity contribution in [1.82, 2.24) is 9.29 Å². The molecule has 2 heterocycles. The molecule has 0 fully saturated rings. The van der Waals surface area contributed by atoms with Crippen molar-refractivity contribution in [3.05, 3.63) is 48.2 Å². The van der Waals surface area contributed by atoms with Gasteiger partial charge in [0.1, 0.15) is 16.7 Å². The zero-order valence-electron chi connectivity index (χ0n) is 10.1. The molecule has 0 aliphatic rings. The lowest BCUT2D eigenvalue weighted by molar-refractivity contribution is 0.406. The smallest absolute Gasteiger partial charge is 0.246 e. The lowest BCUT2D eigenvalue weighted by Crippen LogP contribution is -2.27. The minimum atomic E-state index is -3.77. The van der Waals surface area contributed by atoms with Crippen LogP contribution in [0.15, 0.2) is 46.0 Å². The van der Waals surface area contributed by atoms with E-state index in [0.717, 1.165) is 4.31 Å². The van der Waals surface area contributed by atoms with Crippen molar-refractivity contribution in [3.8, 4) is 6.07 Å². The minimum absolute atomic E-state index is 0.0924. The maximum Gasteiger partial charge on any atom is 0.246 e. The number of furan rings is 1. The quantitative estimate of drug-likeness (QED) is 0.842. The van der Waals surface area contributed by atoms with Gasteiger partial charge in [0.2, 0.25) is 10.0 Å². The second kappa shape index (κ2) is 5.22. The van der Waals surface area contributed by atoms with Gasteiger partial charge in [-0.2, -0.15) is 9.57 Å². The Labute approximate surface area is 111 Å². The minimum Gasteiger partial charge on any atom is -0.468 e. The summed E-state index contributed by atoms with van der Waals surface area (Å²) in [7, 11) is -2.35. The molecule has 0 aliphatic carbocycles. The molecule has 19 heavy (non-hydrogen) atoms. The van der Waals surface area contributed by atoms with Gasteiger partial charge in [0.25, 0.3) is 0 Å². The van der Waals surface area contributed by atoms with Crippen LogP contribution < -0.4 is 0 Å². The Bertz CT molecular complexity index is 702. The monoisotopic (exact) mass is 277 g/mol. The summed E-state index contributed by atoms with van der Waals surface area (Å²) in [6.07, 6.45) is 2.85. The van der Waals surface area contributed by atoms with Crippen LogP contribution >= 0.6 is 0 Å². The van der Waals surface area contributed by atoms with Gasteiger partial charge >= 0.3 is 0 Å². The fourth-order valence-electron chi connectivity index (χ4n) is 1.56. The highest BCUT2D eigenvalue weighted by Crippen LogP contribution is 2.18. The SMILES string of the molecule is CN(Cc1ccco1)S(=O)(=O)c1cccnc1C#N. The highest BCUT2D eigenvalue weighted by atomic mass is 32.2. The van der Waals surface area contributed by atoms with Crippen molar-refractivity contribution in [1.29, 1.82) is 5.26 Å². The van der Waals surface area contributed by atoms with Gasteiger partial charge in [0, 0.05) is 13.2 Å². The molecule has 0 aromatic carbocycles. The van der Waals surface area contributed by atoms with Crippen LogP contribution in [0.1, 0.15) is 11.5 Å². The summed E-state index contributed by atoms with van der Waals surface area (Å²) in [6, 6.07) is 7.98. The summed E-state index contributed by atoms with van der Waals surface area (Å²) < 4.78 is 30.9. The van der Waals surface area contributed by atoms with Crippen LogP contribution in [0.2, 0.25) is 0 Å². The summed E-state index contributed by atoms with van der Waals surface area (Å²) in [5, 5.41) is 8.91. The van der Waals surface area contributed by atoms with Crippen LogP contribution in [0.25, 0.3) is 0 Å². The molecule has 0 unspecified atom stereocenters. The number of hydrogen-bond acceptors (Lipinski definition) is 5. The van der Waals surface area contributed by atoms with E-state index >= 15 is 0 Å². The van der Waals surface area contributed by atoms with Crippen molar-refractivity contribution in [2.24, 2.45) is 0 Å². The number of hydrogen-bond donors (Lipinski definition) is 0. The van der Waals surface area contributed by atoms with Gasteiger partial charge in [-0.3, -0.25) is 0 Å². The largest absolute Gasteiger partial charge is 0.468 e. The fraction of sp³-hybridized carbons (Fsp3) is 0.167. The Morgan fingerprint density at radius 1 is 1.42 bits per heavy atom. The van der Waals surface area contributed by atoms with Crippen molar-refractivity contribution in [2.75, 3.05) is 7.05 Å². The van der Waals surface area contributed by atoms with Crippen molar-refractivity contribution < 1.29 is 12.8 Å². The first-order chi connectivity index (χ1) is 9.05. The first-order valence-corrected chi connectivity index (χ1v) is 6.83. The van der Waals surface area contributed by atoms with Gasteiger partial charge in [0.15, 0.2) is 5.69 Å². The molecule has 0 saturated heterocycles. The molecule has 0 N–H and O–H groups in total. The number of nitriles is 1. The van der Waals surface area contributed by atoms with Crippen LogP contribution in [-0.4, -0.2) is 24.8 Å². The third-order valence-corrected chi connectivity index (χ3v) is 4.36. The van der Waals surface area contributed by atoms with E-state index in [-0.39, 0.29) is 17.1 Å². The first kappa shape index (κ1) is 13.3. The highest BCUT2D eigenvalue weighted by Gasteiger charge is 2.25. The van der Waals surface area contributed by atoms with Gasteiger partial charge in [-0.15, -0.1) is 0 Å². The zero-order valence-corrected chi connectivity index (χ0v) is 11.0. The van der Waals surface area contributed by atoms with E-state index in [2.05, 4.69) is 4.98 Å². The topological polar surface area (TPSA) is 87.2 Å². The van der Waals surface area contributed by atoms with E-state index in [1.807, 2.05) is 0 Å². The van der Waals surface area contributed by atoms with E-state index in [4.69, 9.17) is 9.68 Å². The molecule has 2 aromatic heterocycles. The number of pyridine rings is 1. The average molecular weight is 277 g/mol. The molecule has 7 heteroatoms. The van der Waals surface area contributed by atoms with Gasteiger partial charge in [0.05, 0.1) is 12.8 Å². The molecule has 0 bridgehead atoms. The van der Waals surface area contributed by atoms with Gasteiger partial charge in [-0.05, 0) is 24.3 Å². The molecule has 0 amide bonds.